The SMILES string of the molecule is CC(C(=O)O)C(=O)c1ccccc1F. The van der Waals surface area contributed by atoms with Gasteiger partial charge in [-0.2, -0.15) is 0 Å². The first-order chi connectivity index (χ1) is 6.54. The lowest BCUT2D eigenvalue weighted by Crippen LogP contribution is -2.21. The average Bonchev–Trinajstić information content (AvgIpc) is 2.16. The van der Waals surface area contributed by atoms with E-state index < -0.39 is 23.5 Å². The normalized spacial score (nSPS) is 12.1. The Labute approximate surface area is 80.2 Å². The highest BCUT2D eigenvalue weighted by molar-refractivity contribution is 6.07. The summed E-state index contributed by atoms with van der Waals surface area (Å²) in [5.74, 6) is -3.87. The van der Waals surface area contributed by atoms with Gasteiger partial charge < -0.3 is 5.11 Å². The van der Waals surface area contributed by atoms with E-state index in [0.717, 1.165) is 6.07 Å². The molecule has 0 aromatic heterocycles. The predicted octanol–water partition coefficient (Wildman–Crippen LogP) is 1.73. The van der Waals surface area contributed by atoms with Gasteiger partial charge in [0.25, 0.3) is 0 Å². The maximum Gasteiger partial charge on any atom is 0.314 e. The molecule has 1 atom stereocenters. The van der Waals surface area contributed by atoms with Gasteiger partial charge in [0.1, 0.15) is 11.7 Å². The molecule has 0 heterocycles. The Balaban J connectivity index is 3.01. The van der Waals surface area contributed by atoms with Crippen molar-refractivity contribution >= 4 is 11.8 Å². The number of benzene rings is 1. The van der Waals surface area contributed by atoms with Crippen LogP contribution in [0.25, 0.3) is 0 Å². The topological polar surface area (TPSA) is 54.4 Å². The van der Waals surface area contributed by atoms with Gasteiger partial charge in [0.05, 0.1) is 5.56 Å². The lowest BCUT2D eigenvalue weighted by molar-refractivity contribution is -0.139. The van der Waals surface area contributed by atoms with Gasteiger partial charge in [-0.3, -0.25) is 9.59 Å². The first kappa shape index (κ1) is 10.4. The smallest absolute Gasteiger partial charge is 0.314 e. The molecular formula is C10H9FO3. The Morgan fingerprint density at radius 1 is 1.36 bits per heavy atom. The molecule has 0 amide bonds. The molecule has 0 spiro atoms. The van der Waals surface area contributed by atoms with Crippen LogP contribution in [0, 0.1) is 11.7 Å². The number of halogens is 1. The summed E-state index contributed by atoms with van der Waals surface area (Å²) in [7, 11) is 0. The first-order valence-electron chi connectivity index (χ1n) is 4.05. The second kappa shape index (κ2) is 4.00. The van der Waals surface area contributed by atoms with Crippen molar-refractivity contribution in [2.45, 2.75) is 6.92 Å². The summed E-state index contributed by atoms with van der Waals surface area (Å²) in [6.45, 7) is 1.23. The Morgan fingerprint density at radius 3 is 2.43 bits per heavy atom. The minimum absolute atomic E-state index is 0.178. The van der Waals surface area contributed by atoms with Crippen LogP contribution in [-0.2, 0) is 4.79 Å². The lowest BCUT2D eigenvalue weighted by Gasteiger charge is -2.05. The third-order valence-electron chi connectivity index (χ3n) is 1.90. The predicted molar refractivity (Wildman–Crippen MR) is 47.5 cm³/mol. The summed E-state index contributed by atoms with van der Waals surface area (Å²) in [5.41, 5.74) is -0.178. The molecule has 0 aliphatic carbocycles. The van der Waals surface area contributed by atoms with Crippen LogP contribution in [-0.4, -0.2) is 16.9 Å². The van der Waals surface area contributed by atoms with Crippen LogP contribution in [0.15, 0.2) is 24.3 Å². The van der Waals surface area contributed by atoms with Crippen molar-refractivity contribution in [2.24, 2.45) is 5.92 Å². The zero-order valence-corrected chi connectivity index (χ0v) is 7.53. The Hall–Kier alpha value is -1.71. The van der Waals surface area contributed by atoms with E-state index >= 15 is 0 Å². The van der Waals surface area contributed by atoms with Crippen LogP contribution < -0.4 is 0 Å². The molecule has 0 radical (unpaired) electrons. The molecule has 14 heavy (non-hydrogen) atoms. The minimum Gasteiger partial charge on any atom is -0.481 e. The number of carboxylic acid groups (broad SMARTS) is 1. The quantitative estimate of drug-likeness (QED) is 0.591. The van der Waals surface area contributed by atoms with Crippen molar-refractivity contribution in [1.82, 2.24) is 0 Å². The molecule has 0 fully saturated rings. The molecule has 1 rings (SSSR count). The molecule has 3 nitrogen and oxygen atoms in total. The van der Waals surface area contributed by atoms with Gasteiger partial charge >= 0.3 is 5.97 Å². The summed E-state index contributed by atoms with van der Waals surface area (Å²) in [4.78, 5) is 21.9. The molecule has 4 heteroatoms. The monoisotopic (exact) mass is 196 g/mol. The number of carboxylic acids is 1. The number of carbonyl (C=O) groups is 2. The van der Waals surface area contributed by atoms with E-state index in [4.69, 9.17) is 5.11 Å². The van der Waals surface area contributed by atoms with Crippen molar-refractivity contribution in [3.63, 3.8) is 0 Å². The number of hydrogen-bond donors (Lipinski definition) is 1. The van der Waals surface area contributed by atoms with Gasteiger partial charge in [-0.05, 0) is 19.1 Å². The highest BCUT2D eigenvalue weighted by Crippen LogP contribution is 2.12. The van der Waals surface area contributed by atoms with E-state index in [1.54, 1.807) is 0 Å². The van der Waals surface area contributed by atoms with Gasteiger partial charge in [-0.1, -0.05) is 12.1 Å². The zero-order valence-electron chi connectivity index (χ0n) is 7.53. The largest absolute Gasteiger partial charge is 0.481 e. The highest BCUT2D eigenvalue weighted by atomic mass is 19.1. The number of ketones is 1. The molecular weight excluding hydrogens is 187 g/mol. The standard InChI is InChI=1S/C10H9FO3/c1-6(10(13)14)9(12)7-4-2-3-5-8(7)11/h2-6H,1H3,(H,13,14). The molecule has 74 valence electrons. The van der Waals surface area contributed by atoms with E-state index in [9.17, 15) is 14.0 Å². The van der Waals surface area contributed by atoms with Crippen molar-refractivity contribution in [1.29, 1.82) is 0 Å². The molecule has 1 aromatic rings. The molecule has 1 N–H and O–H groups in total. The fourth-order valence-corrected chi connectivity index (χ4v) is 1.01. The molecule has 0 aliphatic rings. The van der Waals surface area contributed by atoms with Gasteiger partial charge in [0.15, 0.2) is 5.78 Å². The van der Waals surface area contributed by atoms with E-state index in [0.29, 0.717) is 0 Å². The van der Waals surface area contributed by atoms with E-state index in [2.05, 4.69) is 0 Å². The van der Waals surface area contributed by atoms with Crippen LogP contribution in [0.5, 0.6) is 0 Å². The minimum atomic E-state index is -1.25. The highest BCUT2D eigenvalue weighted by Gasteiger charge is 2.23. The fourth-order valence-electron chi connectivity index (χ4n) is 1.01. The lowest BCUT2D eigenvalue weighted by atomic mass is 9.99. The van der Waals surface area contributed by atoms with Crippen LogP contribution in [0.2, 0.25) is 0 Å². The van der Waals surface area contributed by atoms with Gasteiger partial charge in [0.2, 0.25) is 0 Å². The zero-order chi connectivity index (χ0) is 10.7. The second-order valence-electron chi connectivity index (χ2n) is 2.90. The van der Waals surface area contributed by atoms with Crippen LogP contribution in [0.4, 0.5) is 4.39 Å². The number of rotatable bonds is 3. The molecule has 1 aromatic carbocycles. The number of hydrogen-bond acceptors (Lipinski definition) is 2. The molecule has 0 saturated heterocycles. The molecule has 0 bridgehead atoms. The summed E-state index contributed by atoms with van der Waals surface area (Å²) in [5, 5.41) is 8.56. The summed E-state index contributed by atoms with van der Waals surface area (Å²) >= 11 is 0. The summed E-state index contributed by atoms with van der Waals surface area (Å²) in [6.07, 6.45) is 0. The number of aliphatic carboxylic acids is 1. The van der Waals surface area contributed by atoms with Gasteiger partial charge in [-0.15, -0.1) is 0 Å². The van der Waals surface area contributed by atoms with Crippen molar-refractivity contribution in [3.8, 4) is 0 Å². The third-order valence-corrected chi connectivity index (χ3v) is 1.90. The third kappa shape index (κ3) is 1.96. The molecule has 0 saturated carbocycles. The van der Waals surface area contributed by atoms with Gasteiger partial charge in [-0.25, -0.2) is 4.39 Å². The van der Waals surface area contributed by atoms with Crippen molar-refractivity contribution in [2.75, 3.05) is 0 Å². The number of carbonyl (C=O) groups excluding carboxylic acids is 1. The van der Waals surface area contributed by atoms with E-state index in [-0.39, 0.29) is 5.56 Å². The average molecular weight is 196 g/mol. The number of Topliss-reactive ketones (excluding diaryl/α,β-unsaturated/α-hetero) is 1. The fraction of sp³-hybridized carbons (Fsp3) is 0.200. The second-order valence-corrected chi connectivity index (χ2v) is 2.90. The van der Waals surface area contributed by atoms with Crippen LogP contribution >= 0.6 is 0 Å². The maximum absolute atomic E-state index is 13.1. The maximum atomic E-state index is 13.1. The van der Waals surface area contributed by atoms with E-state index in [1.807, 2.05) is 0 Å². The molecule has 1 unspecified atom stereocenters. The van der Waals surface area contributed by atoms with Crippen molar-refractivity contribution in [3.05, 3.63) is 35.6 Å². The Morgan fingerprint density at radius 2 is 1.93 bits per heavy atom. The van der Waals surface area contributed by atoms with Crippen molar-refractivity contribution < 1.29 is 19.1 Å². The first-order valence-corrected chi connectivity index (χ1v) is 4.05. The van der Waals surface area contributed by atoms with Crippen LogP contribution in [0.3, 0.4) is 0 Å². The Bertz CT molecular complexity index is 373. The van der Waals surface area contributed by atoms with Crippen LogP contribution in [0.1, 0.15) is 17.3 Å². The Kier molecular flexibility index (Phi) is 2.96. The summed E-state index contributed by atoms with van der Waals surface area (Å²) in [6, 6.07) is 5.33. The van der Waals surface area contributed by atoms with E-state index in [1.165, 1.54) is 25.1 Å². The molecule has 0 aliphatic heterocycles. The summed E-state index contributed by atoms with van der Waals surface area (Å²) < 4.78 is 13.1. The van der Waals surface area contributed by atoms with Gasteiger partial charge in [0, 0.05) is 0 Å².